The van der Waals surface area contributed by atoms with Crippen LogP contribution in [-0.2, 0) is 6.54 Å². The van der Waals surface area contributed by atoms with Crippen molar-refractivity contribution in [1.29, 1.82) is 0 Å². The molecule has 1 aliphatic carbocycles. The molecule has 19 heavy (non-hydrogen) atoms. The fraction of sp³-hybridized carbons (Fsp3) is 0.500. The van der Waals surface area contributed by atoms with Crippen LogP contribution in [0.4, 0.5) is 11.6 Å². The summed E-state index contributed by atoms with van der Waals surface area (Å²) >= 11 is 0. The Bertz CT molecular complexity index is 564. The number of aromatic nitrogens is 4. The minimum Gasteiger partial charge on any atom is -0.373 e. The molecule has 100 valence electrons. The molecule has 7 nitrogen and oxygen atoms in total. The largest absolute Gasteiger partial charge is 0.373 e. The third kappa shape index (κ3) is 2.49. The highest BCUT2D eigenvalue weighted by atomic mass is 16.5. The van der Waals surface area contributed by atoms with Gasteiger partial charge in [0.15, 0.2) is 5.82 Å². The molecular formula is C12H16N6O. The van der Waals surface area contributed by atoms with E-state index in [1.165, 1.54) is 19.2 Å². The zero-order valence-corrected chi connectivity index (χ0v) is 11.0. The Morgan fingerprint density at radius 2 is 2.11 bits per heavy atom. The molecule has 0 aliphatic heterocycles. The van der Waals surface area contributed by atoms with Crippen LogP contribution in [0.3, 0.4) is 0 Å². The molecule has 2 N–H and O–H groups in total. The molecule has 7 heteroatoms. The molecule has 0 atom stereocenters. The predicted molar refractivity (Wildman–Crippen MR) is 69.9 cm³/mol. The van der Waals surface area contributed by atoms with Gasteiger partial charge in [-0.15, -0.1) is 0 Å². The lowest BCUT2D eigenvalue weighted by Crippen LogP contribution is -2.10. The lowest BCUT2D eigenvalue weighted by atomic mass is 10.2. The van der Waals surface area contributed by atoms with Gasteiger partial charge in [0.1, 0.15) is 17.5 Å². The smallest absolute Gasteiger partial charge is 0.213 e. The predicted octanol–water partition coefficient (Wildman–Crippen LogP) is 1.70. The van der Waals surface area contributed by atoms with Crippen LogP contribution in [0.5, 0.6) is 0 Å². The van der Waals surface area contributed by atoms with Crippen LogP contribution < -0.4 is 10.6 Å². The molecule has 2 aromatic rings. The molecule has 0 spiro atoms. The van der Waals surface area contributed by atoms with Crippen molar-refractivity contribution in [3.63, 3.8) is 0 Å². The van der Waals surface area contributed by atoms with Crippen LogP contribution in [0, 0.1) is 6.92 Å². The second-order valence-corrected chi connectivity index (χ2v) is 4.63. The maximum Gasteiger partial charge on any atom is 0.213 e. The van der Waals surface area contributed by atoms with Crippen molar-refractivity contribution in [2.75, 3.05) is 17.7 Å². The zero-order valence-electron chi connectivity index (χ0n) is 11.0. The zero-order chi connectivity index (χ0) is 13.2. The van der Waals surface area contributed by atoms with Crippen LogP contribution in [0.2, 0.25) is 0 Å². The van der Waals surface area contributed by atoms with Crippen molar-refractivity contribution < 1.29 is 4.52 Å². The van der Waals surface area contributed by atoms with E-state index in [1.807, 2.05) is 14.0 Å². The van der Waals surface area contributed by atoms with Gasteiger partial charge in [-0.3, -0.25) is 0 Å². The Labute approximate surface area is 110 Å². The van der Waals surface area contributed by atoms with Crippen molar-refractivity contribution in [2.45, 2.75) is 32.2 Å². The van der Waals surface area contributed by atoms with Gasteiger partial charge in [-0.05, 0) is 19.8 Å². The van der Waals surface area contributed by atoms with Crippen molar-refractivity contribution >= 4 is 11.6 Å². The molecule has 3 rings (SSSR count). The standard InChI is InChI=1S/C12H16N6O/c1-7-10(13-2)16-12(8-3-4-8)17-11(7)14-5-9-15-6-19-18-9/h6,8H,3-5H2,1-2H3,(H2,13,14,16,17). The monoisotopic (exact) mass is 260 g/mol. The van der Waals surface area contributed by atoms with Crippen molar-refractivity contribution in [3.8, 4) is 0 Å². The molecule has 1 fully saturated rings. The number of hydrogen-bond acceptors (Lipinski definition) is 7. The topological polar surface area (TPSA) is 88.8 Å². The van der Waals surface area contributed by atoms with Crippen LogP contribution in [-0.4, -0.2) is 27.2 Å². The normalized spacial score (nSPS) is 14.4. The summed E-state index contributed by atoms with van der Waals surface area (Å²) in [6, 6.07) is 0. The van der Waals surface area contributed by atoms with Gasteiger partial charge in [-0.2, -0.15) is 4.98 Å². The summed E-state index contributed by atoms with van der Waals surface area (Å²) in [5.74, 6) is 3.72. The summed E-state index contributed by atoms with van der Waals surface area (Å²) in [4.78, 5) is 13.1. The maximum atomic E-state index is 4.70. The SMILES string of the molecule is CNc1nc(C2CC2)nc(NCc2ncon2)c1C. The van der Waals surface area contributed by atoms with Crippen molar-refractivity contribution in [2.24, 2.45) is 0 Å². The minimum atomic E-state index is 0.488. The first-order chi connectivity index (χ1) is 9.28. The van der Waals surface area contributed by atoms with E-state index in [4.69, 9.17) is 4.52 Å². The molecule has 2 heterocycles. The third-order valence-corrected chi connectivity index (χ3v) is 3.16. The molecule has 0 unspecified atom stereocenters. The molecule has 1 saturated carbocycles. The summed E-state index contributed by atoms with van der Waals surface area (Å²) in [7, 11) is 1.87. The molecule has 0 amide bonds. The van der Waals surface area contributed by atoms with E-state index in [-0.39, 0.29) is 0 Å². The maximum absolute atomic E-state index is 4.70. The number of rotatable bonds is 5. The van der Waals surface area contributed by atoms with Gasteiger partial charge >= 0.3 is 0 Å². The summed E-state index contributed by atoms with van der Waals surface area (Å²) in [5, 5.41) is 10.1. The summed E-state index contributed by atoms with van der Waals surface area (Å²) in [6.07, 6.45) is 3.67. The summed E-state index contributed by atoms with van der Waals surface area (Å²) < 4.78 is 4.70. The van der Waals surface area contributed by atoms with Gasteiger partial charge in [0, 0.05) is 18.5 Å². The Balaban J connectivity index is 1.83. The Hall–Kier alpha value is -2.18. The van der Waals surface area contributed by atoms with Crippen LogP contribution in [0.25, 0.3) is 0 Å². The molecule has 0 radical (unpaired) electrons. The fourth-order valence-corrected chi connectivity index (χ4v) is 1.91. The number of nitrogens with one attached hydrogen (secondary N) is 2. The van der Waals surface area contributed by atoms with Gasteiger partial charge in [0.25, 0.3) is 0 Å². The fourth-order valence-electron chi connectivity index (χ4n) is 1.91. The minimum absolute atomic E-state index is 0.488. The second-order valence-electron chi connectivity index (χ2n) is 4.63. The number of nitrogens with zero attached hydrogens (tertiary/aromatic N) is 4. The van der Waals surface area contributed by atoms with Gasteiger partial charge in [0.05, 0.1) is 6.54 Å². The summed E-state index contributed by atoms with van der Waals surface area (Å²) in [5.41, 5.74) is 0.996. The van der Waals surface area contributed by atoms with Crippen LogP contribution in [0.15, 0.2) is 10.9 Å². The average Bonchev–Trinajstić information content (AvgIpc) is 3.14. The third-order valence-electron chi connectivity index (χ3n) is 3.16. The summed E-state index contributed by atoms with van der Waals surface area (Å²) in [6.45, 7) is 2.47. The van der Waals surface area contributed by atoms with Crippen LogP contribution >= 0.6 is 0 Å². The highest BCUT2D eigenvalue weighted by Gasteiger charge is 2.28. The first-order valence-electron chi connectivity index (χ1n) is 6.33. The Morgan fingerprint density at radius 3 is 2.74 bits per heavy atom. The van der Waals surface area contributed by atoms with Crippen LogP contribution in [0.1, 0.15) is 36.0 Å². The molecule has 2 aromatic heterocycles. The quantitative estimate of drug-likeness (QED) is 0.845. The van der Waals surface area contributed by atoms with Gasteiger partial charge < -0.3 is 15.2 Å². The van der Waals surface area contributed by atoms with E-state index in [0.29, 0.717) is 18.3 Å². The first kappa shape index (κ1) is 11.9. The highest BCUT2D eigenvalue weighted by molar-refractivity contribution is 5.57. The molecule has 1 aliphatic rings. The lowest BCUT2D eigenvalue weighted by molar-refractivity contribution is 0.411. The lowest BCUT2D eigenvalue weighted by Gasteiger charge is -2.12. The van der Waals surface area contributed by atoms with E-state index >= 15 is 0 Å². The second kappa shape index (κ2) is 4.83. The first-order valence-corrected chi connectivity index (χ1v) is 6.33. The van der Waals surface area contributed by atoms with Gasteiger partial charge in [-0.25, -0.2) is 9.97 Å². The van der Waals surface area contributed by atoms with E-state index < -0.39 is 0 Å². The molecule has 0 bridgehead atoms. The Morgan fingerprint density at radius 1 is 1.32 bits per heavy atom. The highest BCUT2D eigenvalue weighted by Crippen LogP contribution is 2.39. The molecule has 0 saturated heterocycles. The van der Waals surface area contributed by atoms with E-state index in [2.05, 4.69) is 30.7 Å². The van der Waals surface area contributed by atoms with Gasteiger partial charge in [0.2, 0.25) is 6.39 Å². The van der Waals surface area contributed by atoms with Gasteiger partial charge in [-0.1, -0.05) is 5.16 Å². The molecular weight excluding hydrogens is 244 g/mol. The van der Waals surface area contributed by atoms with Crippen molar-refractivity contribution in [3.05, 3.63) is 23.6 Å². The number of anilines is 2. The van der Waals surface area contributed by atoms with E-state index in [0.717, 1.165) is 23.0 Å². The van der Waals surface area contributed by atoms with Crippen molar-refractivity contribution in [1.82, 2.24) is 20.1 Å². The van der Waals surface area contributed by atoms with E-state index in [1.54, 1.807) is 0 Å². The Kier molecular flexibility index (Phi) is 3.02. The van der Waals surface area contributed by atoms with E-state index in [9.17, 15) is 0 Å². The molecule has 0 aromatic carbocycles. The number of hydrogen-bond donors (Lipinski definition) is 2. The average molecular weight is 260 g/mol.